The average Bonchev–Trinajstić information content (AvgIpc) is 2.86. The van der Waals surface area contributed by atoms with Crippen LogP contribution in [0.25, 0.3) is 10.9 Å². The molecule has 0 fully saturated rings. The van der Waals surface area contributed by atoms with E-state index in [1.807, 2.05) is 12.1 Å². The van der Waals surface area contributed by atoms with E-state index in [0.29, 0.717) is 0 Å². The second-order valence-corrected chi connectivity index (χ2v) is 6.07. The molecule has 0 spiro atoms. The van der Waals surface area contributed by atoms with Crippen molar-refractivity contribution < 1.29 is 0 Å². The lowest BCUT2D eigenvalue weighted by atomic mass is 10.2. The number of para-hydroxylation sites is 1. The van der Waals surface area contributed by atoms with Gasteiger partial charge in [0.2, 0.25) is 0 Å². The van der Waals surface area contributed by atoms with Crippen LogP contribution in [0.1, 0.15) is 15.6 Å². The first-order chi connectivity index (χ1) is 8.65. The van der Waals surface area contributed by atoms with Gasteiger partial charge in [0.25, 0.3) is 0 Å². The summed E-state index contributed by atoms with van der Waals surface area (Å²) in [6.07, 6.45) is 2.07. The molecule has 3 rings (SSSR count). The monoisotopic (exact) mass is 276 g/mol. The van der Waals surface area contributed by atoms with Crippen LogP contribution in [-0.2, 0) is 6.54 Å². The number of aromatic nitrogens is 2. The number of aryl methyl sites for hydroxylation is 2. The van der Waals surface area contributed by atoms with Crippen molar-refractivity contribution in [3.63, 3.8) is 0 Å². The van der Waals surface area contributed by atoms with Gasteiger partial charge in [0, 0.05) is 16.5 Å². The van der Waals surface area contributed by atoms with Crippen molar-refractivity contribution in [2.24, 2.45) is 0 Å². The van der Waals surface area contributed by atoms with Gasteiger partial charge >= 0.3 is 0 Å². The van der Waals surface area contributed by atoms with Crippen molar-refractivity contribution in [2.45, 2.75) is 20.4 Å². The molecule has 0 saturated heterocycles. The smallest absolute Gasteiger partial charge is 0.113 e. The van der Waals surface area contributed by atoms with Crippen LogP contribution < -0.4 is 0 Å². The highest BCUT2D eigenvalue weighted by molar-refractivity contribution is 7.11. The molecule has 0 unspecified atom stereocenters. The summed E-state index contributed by atoms with van der Waals surface area (Å²) in [7, 11) is 0. The molecule has 0 atom stereocenters. The molecule has 0 N–H and O–H groups in total. The molecule has 0 radical (unpaired) electrons. The molecule has 3 aromatic rings. The fraction of sp³-hybridized carbons (Fsp3) is 0.214. The molecule has 0 bridgehead atoms. The molecule has 2 aromatic heterocycles. The Hall–Kier alpha value is -1.32. The zero-order valence-electron chi connectivity index (χ0n) is 10.3. The fourth-order valence-electron chi connectivity index (χ4n) is 2.10. The van der Waals surface area contributed by atoms with E-state index in [1.165, 1.54) is 10.3 Å². The number of benzene rings is 1. The molecule has 0 aliphatic heterocycles. The van der Waals surface area contributed by atoms with Crippen molar-refractivity contribution in [3.05, 3.63) is 51.1 Å². The maximum atomic E-state index is 6.27. The molecule has 0 aliphatic rings. The number of rotatable bonds is 2. The summed E-state index contributed by atoms with van der Waals surface area (Å²) >= 11 is 8.02. The van der Waals surface area contributed by atoms with Crippen molar-refractivity contribution in [3.8, 4) is 0 Å². The SMILES string of the molecule is Cc1nc(Cn2ccc3cccc(Cl)c32)sc1C. The van der Waals surface area contributed by atoms with Crippen LogP contribution in [0.3, 0.4) is 0 Å². The third-order valence-corrected chi connectivity index (χ3v) is 4.48. The third kappa shape index (κ3) is 1.93. The topological polar surface area (TPSA) is 17.8 Å². The lowest BCUT2D eigenvalue weighted by Gasteiger charge is -2.04. The largest absolute Gasteiger partial charge is 0.339 e. The minimum absolute atomic E-state index is 0.784. The number of thiazole rings is 1. The van der Waals surface area contributed by atoms with Gasteiger partial charge in [-0.25, -0.2) is 4.98 Å². The molecule has 1 aromatic carbocycles. The van der Waals surface area contributed by atoms with Gasteiger partial charge in [-0.2, -0.15) is 0 Å². The van der Waals surface area contributed by atoms with E-state index < -0.39 is 0 Å². The summed E-state index contributed by atoms with van der Waals surface area (Å²) in [6.45, 7) is 4.94. The highest BCUT2D eigenvalue weighted by atomic mass is 35.5. The maximum absolute atomic E-state index is 6.27. The van der Waals surface area contributed by atoms with Gasteiger partial charge in [-0.3, -0.25) is 0 Å². The average molecular weight is 277 g/mol. The standard InChI is InChI=1S/C14H13ClN2S/c1-9-10(2)18-13(16-9)8-17-7-6-11-4-3-5-12(15)14(11)17/h3-7H,8H2,1-2H3. The predicted molar refractivity (Wildman–Crippen MR) is 77.6 cm³/mol. The number of hydrogen-bond donors (Lipinski definition) is 0. The van der Waals surface area contributed by atoms with E-state index in [9.17, 15) is 0 Å². The van der Waals surface area contributed by atoms with Crippen LogP contribution in [0, 0.1) is 13.8 Å². The Kier molecular flexibility index (Phi) is 2.88. The van der Waals surface area contributed by atoms with Crippen LogP contribution >= 0.6 is 22.9 Å². The first-order valence-corrected chi connectivity index (χ1v) is 7.01. The summed E-state index contributed by atoms with van der Waals surface area (Å²) in [6, 6.07) is 8.08. The van der Waals surface area contributed by atoms with E-state index >= 15 is 0 Å². The van der Waals surface area contributed by atoms with Gasteiger partial charge in [-0.15, -0.1) is 11.3 Å². The van der Waals surface area contributed by atoms with E-state index in [2.05, 4.69) is 41.7 Å². The van der Waals surface area contributed by atoms with Gasteiger partial charge in [-0.1, -0.05) is 23.7 Å². The Morgan fingerprint density at radius 1 is 1.28 bits per heavy atom. The Bertz CT molecular complexity index is 692. The number of hydrogen-bond acceptors (Lipinski definition) is 2. The van der Waals surface area contributed by atoms with Gasteiger partial charge < -0.3 is 4.57 Å². The Morgan fingerprint density at radius 2 is 2.11 bits per heavy atom. The second kappa shape index (κ2) is 4.41. The van der Waals surface area contributed by atoms with Gasteiger partial charge in [0.15, 0.2) is 0 Å². The van der Waals surface area contributed by atoms with E-state index in [4.69, 9.17) is 11.6 Å². The quantitative estimate of drug-likeness (QED) is 0.678. The molecule has 0 aliphatic carbocycles. The summed E-state index contributed by atoms with van der Waals surface area (Å²) in [5.41, 5.74) is 2.21. The maximum Gasteiger partial charge on any atom is 0.113 e. The van der Waals surface area contributed by atoms with Crippen molar-refractivity contribution in [2.75, 3.05) is 0 Å². The molecule has 2 heterocycles. The Balaban J connectivity index is 2.05. The lowest BCUT2D eigenvalue weighted by Crippen LogP contribution is -1.97. The van der Waals surface area contributed by atoms with Crippen molar-refractivity contribution in [1.82, 2.24) is 9.55 Å². The minimum Gasteiger partial charge on any atom is -0.339 e. The molecule has 2 nitrogen and oxygen atoms in total. The second-order valence-electron chi connectivity index (χ2n) is 4.37. The van der Waals surface area contributed by atoms with Gasteiger partial charge in [0.1, 0.15) is 5.01 Å². The molecular formula is C14H13ClN2S. The molecule has 18 heavy (non-hydrogen) atoms. The van der Waals surface area contributed by atoms with Crippen LogP contribution in [0.2, 0.25) is 5.02 Å². The first-order valence-electron chi connectivity index (χ1n) is 5.81. The van der Waals surface area contributed by atoms with Gasteiger partial charge in [0.05, 0.1) is 22.8 Å². The molecule has 0 amide bonds. The summed E-state index contributed by atoms with van der Waals surface area (Å²) in [4.78, 5) is 5.86. The van der Waals surface area contributed by atoms with Crippen molar-refractivity contribution >= 4 is 33.8 Å². The van der Waals surface area contributed by atoms with E-state index in [0.717, 1.165) is 27.8 Å². The van der Waals surface area contributed by atoms with E-state index in [1.54, 1.807) is 11.3 Å². The number of nitrogens with zero attached hydrogens (tertiary/aromatic N) is 2. The van der Waals surface area contributed by atoms with Gasteiger partial charge in [-0.05, 0) is 26.0 Å². The number of halogens is 1. The Morgan fingerprint density at radius 3 is 2.83 bits per heavy atom. The van der Waals surface area contributed by atoms with Crippen LogP contribution in [-0.4, -0.2) is 9.55 Å². The molecular weight excluding hydrogens is 264 g/mol. The summed E-state index contributed by atoms with van der Waals surface area (Å²) < 4.78 is 2.16. The Labute approximate surface area is 115 Å². The molecule has 92 valence electrons. The number of fused-ring (bicyclic) bond motifs is 1. The van der Waals surface area contributed by atoms with E-state index in [-0.39, 0.29) is 0 Å². The fourth-order valence-corrected chi connectivity index (χ4v) is 3.32. The predicted octanol–water partition coefficient (Wildman–Crippen LogP) is 4.42. The normalized spacial score (nSPS) is 11.3. The minimum atomic E-state index is 0.784. The molecule has 4 heteroatoms. The zero-order chi connectivity index (χ0) is 12.7. The third-order valence-electron chi connectivity index (χ3n) is 3.12. The molecule has 0 saturated carbocycles. The van der Waals surface area contributed by atoms with Crippen molar-refractivity contribution in [1.29, 1.82) is 0 Å². The summed E-state index contributed by atoms with van der Waals surface area (Å²) in [5, 5.41) is 3.09. The lowest BCUT2D eigenvalue weighted by molar-refractivity contribution is 0.824. The summed E-state index contributed by atoms with van der Waals surface area (Å²) in [5.74, 6) is 0. The highest BCUT2D eigenvalue weighted by Gasteiger charge is 2.08. The van der Waals surface area contributed by atoms with Crippen LogP contribution in [0.15, 0.2) is 30.5 Å². The zero-order valence-corrected chi connectivity index (χ0v) is 11.8. The van der Waals surface area contributed by atoms with Crippen LogP contribution in [0.4, 0.5) is 0 Å². The van der Waals surface area contributed by atoms with Crippen LogP contribution in [0.5, 0.6) is 0 Å². The first kappa shape index (κ1) is 11.8. The highest BCUT2D eigenvalue weighted by Crippen LogP contribution is 2.26.